The van der Waals surface area contributed by atoms with Crippen LogP contribution in [0.3, 0.4) is 0 Å². The van der Waals surface area contributed by atoms with Crippen molar-refractivity contribution in [3.63, 3.8) is 0 Å². The molecule has 0 aromatic heterocycles. The van der Waals surface area contributed by atoms with E-state index in [1.807, 2.05) is 36.4 Å². The first-order valence-electron chi connectivity index (χ1n) is 16.8. The Bertz CT molecular complexity index is 2110. The number of hydrogen-bond donors (Lipinski definition) is 2. The number of anilines is 1. The van der Waals surface area contributed by atoms with Crippen LogP contribution in [0.4, 0.5) is 10.1 Å². The van der Waals surface area contributed by atoms with Gasteiger partial charge in [-0.3, -0.25) is 29.5 Å². The van der Waals surface area contributed by atoms with Crippen LogP contribution >= 0.6 is 11.6 Å². The van der Waals surface area contributed by atoms with Gasteiger partial charge < -0.3 is 9.84 Å². The van der Waals surface area contributed by atoms with Crippen LogP contribution in [0, 0.1) is 29.5 Å². The molecule has 4 aliphatic rings. The quantitative estimate of drug-likeness (QED) is 0.169. The average Bonchev–Trinajstić information content (AvgIpc) is 3.50. The number of hydrazine groups is 1. The summed E-state index contributed by atoms with van der Waals surface area (Å²) in [6.07, 6.45) is 2.27. The number of carbonyl (C=O) groups is 4. The van der Waals surface area contributed by atoms with E-state index in [1.165, 1.54) is 42.3 Å². The minimum atomic E-state index is -1.61. The van der Waals surface area contributed by atoms with Gasteiger partial charge in [-0.15, -0.1) is 0 Å². The van der Waals surface area contributed by atoms with Crippen LogP contribution in [0.5, 0.6) is 11.5 Å². The number of imide groups is 2. The molecule has 3 fully saturated rings. The second-order valence-corrected chi connectivity index (χ2v) is 14.0. The van der Waals surface area contributed by atoms with E-state index in [4.69, 9.17) is 16.3 Å². The lowest BCUT2D eigenvalue weighted by Crippen LogP contribution is -2.53. The number of halogens is 2. The third-order valence-electron chi connectivity index (χ3n) is 11.1. The number of carbonyl (C=O) groups excluding carboxylic acids is 4. The number of phenolic OH excluding ortho intramolecular Hbond substituents is 1. The van der Waals surface area contributed by atoms with Crippen molar-refractivity contribution in [1.82, 2.24) is 9.91 Å². The third-order valence-corrected chi connectivity index (χ3v) is 11.3. The summed E-state index contributed by atoms with van der Waals surface area (Å²) in [7, 11) is 1.47. The number of allylic oxidation sites excluding steroid dienone is 2. The SMILES string of the molecule is COc1ccc([C@H]2C3=CC[C@@H]4C(=O)N(Cc5ccccc5)C(=O)[C@@H]4[C@@H]3C[C@H]3C(=O)N(Nc4ccc(F)cc4)C(=O)[C@@]23c2ccc(Cl)cc2)c(O)c1. The molecule has 0 bridgehead atoms. The number of benzene rings is 4. The lowest BCUT2D eigenvalue weighted by molar-refractivity contribution is -0.142. The van der Waals surface area contributed by atoms with E-state index in [9.17, 15) is 23.9 Å². The molecule has 4 aromatic rings. The first-order chi connectivity index (χ1) is 24.6. The highest BCUT2D eigenvalue weighted by Gasteiger charge is 2.70. The fourth-order valence-corrected chi connectivity index (χ4v) is 9.01. The minimum absolute atomic E-state index is 0.0907. The van der Waals surface area contributed by atoms with Crippen molar-refractivity contribution in [2.75, 3.05) is 12.5 Å². The van der Waals surface area contributed by atoms with Gasteiger partial charge in [-0.2, -0.15) is 5.01 Å². The molecule has 0 radical (unpaired) electrons. The van der Waals surface area contributed by atoms with Crippen molar-refractivity contribution in [3.05, 3.63) is 136 Å². The molecule has 2 heterocycles. The Labute approximate surface area is 298 Å². The predicted octanol–water partition coefficient (Wildman–Crippen LogP) is 6.38. The standard InChI is InChI=1S/C40H33ClFN3O6/c1-51-27-15-16-29(33(46)19-27)35-28-17-18-30-34(38(49)44(36(30)47)21-22-5-3-2-4-6-22)31(28)20-32-37(48)45(43-26-13-11-25(42)12-14-26)39(50)40(32,35)23-7-9-24(41)10-8-23/h2-17,19,30-32,34-35,43,46H,18,20-21H2,1H3/t30-,31+,32-,34-,35+,40+/m0/s1. The molecule has 6 atom stereocenters. The third kappa shape index (κ3) is 5.03. The highest BCUT2D eigenvalue weighted by atomic mass is 35.5. The van der Waals surface area contributed by atoms with Crippen LogP contribution in [0.2, 0.25) is 5.02 Å². The second kappa shape index (κ2) is 12.4. The molecule has 2 saturated heterocycles. The molecule has 0 spiro atoms. The van der Waals surface area contributed by atoms with Crippen LogP contribution < -0.4 is 10.2 Å². The largest absolute Gasteiger partial charge is 0.508 e. The number of ether oxygens (including phenoxy) is 1. The number of likely N-dealkylation sites (tertiary alicyclic amines) is 1. The van der Waals surface area contributed by atoms with Gasteiger partial charge >= 0.3 is 0 Å². The van der Waals surface area contributed by atoms with Gasteiger partial charge in [0.15, 0.2) is 0 Å². The number of phenols is 1. The molecule has 4 amide bonds. The second-order valence-electron chi connectivity index (χ2n) is 13.5. The molecular formula is C40H33ClFN3O6. The molecule has 11 heteroatoms. The summed E-state index contributed by atoms with van der Waals surface area (Å²) in [5.41, 5.74) is 4.02. The molecule has 51 heavy (non-hydrogen) atoms. The summed E-state index contributed by atoms with van der Waals surface area (Å²) in [4.78, 5) is 59.5. The zero-order valence-electron chi connectivity index (χ0n) is 27.5. The maximum atomic E-state index is 15.2. The maximum Gasteiger partial charge on any atom is 0.260 e. The lowest BCUT2D eigenvalue weighted by Gasteiger charge is -2.50. The number of hydrogen-bond acceptors (Lipinski definition) is 7. The molecule has 0 unspecified atom stereocenters. The maximum absolute atomic E-state index is 15.2. The number of nitrogens with one attached hydrogen (secondary N) is 1. The number of aromatic hydroxyl groups is 1. The predicted molar refractivity (Wildman–Crippen MR) is 186 cm³/mol. The summed E-state index contributed by atoms with van der Waals surface area (Å²) in [5.74, 6) is -5.92. The van der Waals surface area contributed by atoms with Gasteiger partial charge in [0.25, 0.3) is 11.8 Å². The molecule has 1 saturated carbocycles. The Balaban J connectivity index is 1.31. The van der Waals surface area contributed by atoms with E-state index in [0.717, 1.165) is 10.6 Å². The molecule has 8 rings (SSSR count). The van der Waals surface area contributed by atoms with Crippen molar-refractivity contribution in [1.29, 1.82) is 0 Å². The van der Waals surface area contributed by atoms with E-state index < -0.39 is 52.6 Å². The summed E-state index contributed by atoms with van der Waals surface area (Å²) in [5, 5.41) is 13.0. The van der Waals surface area contributed by atoms with Crippen LogP contribution in [0.15, 0.2) is 109 Å². The number of nitrogens with zero attached hydrogens (tertiary/aromatic N) is 2. The highest BCUT2D eigenvalue weighted by Crippen LogP contribution is 2.65. The normalized spacial score (nSPS) is 26.8. The van der Waals surface area contributed by atoms with E-state index in [1.54, 1.807) is 36.4 Å². The highest BCUT2D eigenvalue weighted by molar-refractivity contribution is 6.30. The summed E-state index contributed by atoms with van der Waals surface area (Å²) < 4.78 is 19.2. The van der Waals surface area contributed by atoms with Crippen molar-refractivity contribution in [3.8, 4) is 11.5 Å². The van der Waals surface area contributed by atoms with E-state index in [0.29, 0.717) is 33.2 Å². The average molecular weight is 706 g/mol. The van der Waals surface area contributed by atoms with Gasteiger partial charge in [0.05, 0.1) is 42.5 Å². The summed E-state index contributed by atoms with van der Waals surface area (Å²) >= 11 is 6.35. The number of methoxy groups -OCH3 is 1. The van der Waals surface area contributed by atoms with E-state index in [-0.39, 0.29) is 37.0 Å². The number of fused-ring (bicyclic) bond motifs is 4. The van der Waals surface area contributed by atoms with Crippen LogP contribution in [0.1, 0.15) is 35.4 Å². The van der Waals surface area contributed by atoms with Gasteiger partial charge in [-0.1, -0.05) is 71.8 Å². The van der Waals surface area contributed by atoms with Crippen LogP contribution in [-0.4, -0.2) is 45.8 Å². The van der Waals surface area contributed by atoms with Crippen molar-refractivity contribution in [2.45, 2.75) is 30.7 Å². The number of amides is 4. The Morgan fingerprint density at radius 2 is 1.63 bits per heavy atom. The van der Waals surface area contributed by atoms with Gasteiger partial charge in [-0.05, 0) is 72.4 Å². The molecule has 9 nitrogen and oxygen atoms in total. The van der Waals surface area contributed by atoms with E-state index >= 15 is 4.79 Å². The van der Waals surface area contributed by atoms with Crippen LogP contribution in [0.25, 0.3) is 0 Å². The minimum Gasteiger partial charge on any atom is -0.508 e. The summed E-state index contributed by atoms with van der Waals surface area (Å²) in [6.45, 7) is 0.126. The lowest BCUT2D eigenvalue weighted by atomic mass is 9.49. The monoisotopic (exact) mass is 705 g/mol. The molecule has 258 valence electrons. The Morgan fingerprint density at radius 3 is 2.31 bits per heavy atom. The van der Waals surface area contributed by atoms with Crippen LogP contribution in [-0.2, 0) is 31.1 Å². The topological polar surface area (TPSA) is 116 Å². The van der Waals surface area contributed by atoms with Gasteiger partial charge in [0.1, 0.15) is 17.3 Å². The van der Waals surface area contributed by atoms with E-state index in [2.05, 4.69) is 5.43 Å². The zero-order chi connectivity index (χ0) is 35.6. The number of rotatable bonds is 7. The zero-order valence-corrected chi connectivity index (χ0v) is 28.2. The summed E-state index contributed by atoms with van der Waals surface area (Å²) in [6, 6.07) is 26.1. The molecular weight excluding hydrogens is 673 g/mol. The fraction of sp³-hybridized carbons (Fsp3) is 0.250. The molecule has 2 N–H and O–H groups in total. The van der Waals surface area contributed by atoms with Gasteiger partial charge in [0, 0.05) is 22.6 Å². The first kappa shape index (κ1) is 32.7. The Hall–Kier alpha value is -5.48. The molecule has 2 aliphatic heterocycles. The fourth-order valence-electron chi connectivity index (χ4n) is 8.88. The van der Waals surface area contributed by atoms with Crippen molar-refractivity contribution in [2.24, 2.45) is 23.7 Å². The molecule has 2 aliphatic carbocycles. The van der Waals surface area contributed by atoms with Crippen molar-refractivity contribution < 1.29 is 33.4 Å². The Kier molecular flexibility index (Phi) is 7.94. The van der Waals surface area contributed by atoms with Gasteiger partial charge in [-0.25, -0.2) is 4.39 Å². The Morgan fingerprint density at radius 1 is 0.902 bits per heavy atom. The smallest absolute Gasteiger partial charge is 0.260 e. The first-order valence-corrected chi connectivity index (χ1v) is 17.1. The van der Waals surface area contributed by atoms with Crippen molar-refractivity contribution >= 4 is 40.9 Å². The molecule has 4 aromatic carbocycles. The van der Waals surface area contributed by atoms with Gasteiger partial charge in [0.2, 0.25) is 11.8 Å².